The number of piperazine rings is 1. The van der Waals surface area contributed by atoms with Crippen LogP contribution in [0.25, 0.3) is 0 Å². The molecule has 2 heterocycles. The molecule has 1 aromatic heterocycles. The third-order valence-electron chi connectivity index (χ3n) is 3.88. The molecule has 0 bridgehead atoms. The van der Waals surface area contributed by atoms with E-state index in [4.69, 9.17) is 11.6 Å². The largest absolute Gasteiger partial charge is 0.312 e. The first-order chi connectivity index (χ1) is 9.10. The monoisotopic (exact) mass is 301 g/mol. The molecule has 1 N–H and O–H groups in total. The molecule has 1 aliphatic heterocycles. The van der Waals surface area contributed by atoms with Crippen molar-refractivity contribution < 1.29 is 0 Å². The van der Waals surface area contributed by atoms with Gasteiger partial charge in [-0.25, -0.2) is 0 Å². The Morgan fingerprint density at radius 2 is 2.21 bits per heavy atom. The molecule has 1 aliphatic rings. The molecule has 0 radical (unpaired) electrons. The Bertz CT molecular complexity index is 396. The molecule has 0 spiro atoms. The smallest absolute Gasteiger partial charge is 0.0931 e. The molecule has 1 saturated heterocycles. The Balaban J connectivity index is 2.05. The highest BCUT2D eigenvalue weighted by molar-refractivity contribution is 7.16. The second-order valence-electron chi connectivity index (χ2n) is 5.38. The van der Waals surface area contributed by atoms with Crippen LogP contribution in [0.2, 0.25) is 4.34 Å². The van der Waals surface area contributed by atoms with E-state index in [2.05, 4.69) is 42.2 Å². The normalized spacial score (nSPS) is 23.7. The average Bonchev–Trinajstić information content (AvgIpc) is 2.77. The lowest BCUT2D eigenvalue weighted by molar-refractivity contribution is 0.0883. The van der Waals surface area contributed by atoms with Gasteiger partial charge in [-0.2, -0.15) is 0 Å². The Kier molecular flexibility index (Phi) is 5.66. The van der Waals surface area contributed by atoms with Gasteiger partial charge in [-0.3, -0.25) is 4.90 Å². The Hall–Kier alpha value is -0.130. The molecule has 0 aromatic carbocycles. The molecule has 0 saturated carbocycles. The lowest BCUT2D eigenvalue weighted by Crippen LogP contribution is -2.59. The number of thiophene rings is 1. The van der Waals surface area contributed by atoms with Gasteiger partial charge in [0, 0.05) is 36.6 Å². The van der Waals surface area contributed by atoms with E-state index in [1.807, 2.05) is 6.07 Å². The predicted octanol–water partition coefficient (Wildman–Crippen LogP) is 2.17. The summed E-state index contributed by atoms with van der Waals surface area (Å²) in [6.07, 6.45) is 1.06. The molecule has 2 unspecified atom stereocenters. The summed E-state index contributed by atoms with van der Waals surface area (Å²) in [5.41, 5.74) is 0. The highest BCUT2D eigenvalue weighted by Gasteiger charge is 2.29. The van der Waals surface area contributed by atoms with Crippen molar-refractivity contribution in [2.24, 2.45) is 0 Å². The maximum Gasteiger partial charge on any atom is 0.0931 e. The third kappa shape index (κ3) is 4.17. The quantitative estimate of drug-likeness (QED) is 0.899. The van der Waals surface area contributed by atoms with Crippen molar-refractivity contribution in [3.8, 4) is 0 Å². The van der Waals surface area contributed by atoms with Crippen molar-refractivity contribution in [2.45, 2.75) is 25.4 Å². The van der Waals surface area contributed by atoms with Crippen molar-refractivity contribution in [1.82, 2.24) is 15.1 Å². The number of nitrogens with zero attached hydrogens (tertiary/aromatic N) is 2. The fourth-order valence-corrected chi connectivity index (χ4v) is 3.91. The van der Waals surface area contributed by atoms with E-state index in [1.165, 1.54) is 4.88 Å². The van der Waals surface area contributed by atoms with Crippen molar-refractivity contribution >= 4 is 22.9 Å². The van der Waals surface area contributed by atoms with Crippen LogP contribution in [-0.2, 0) is 6.42 Å². The molecule has 2 rings (SSSR count). The summed E-state index contributed by atoms with van der Waals surface area (Å²) >= 11 is 7.74. The van der Waals surface area contributed by atoms with Gasteiger partial charge in [0.05, 0.1) is 4.34 Å². The van der Waals surface area contributed by atoms with Gasteiger partial charge in [0.15, 0.2) is 0 Å². The van der Waals surface area contributed by atoms with E-state index in [0.29, 0.717) is 12.1 Å². The lowest BCUT2D eigenvalue weighted by Gasteiger charge is -2.42. The summed E-state index contributed by atoms with van der Waals surface area (Å²) in [4.78, 5) is 6.29. The first-order valence-electron chi connectivity index (χ1n) is 6.96. The topological polar surface area (TPSA) is 18.5 Å². The predicted molar refractivity (Wildman–Crippen MR) is 84.4 cm³/mol. The van der Waals surface area contributed by atoms with Crippen LogP contribution in [0, 0.1) is 0 Å². The minimum absolute atomic E-state index is 0.493. The molecule has 5 heteroatoms. The van der Waals surface area contributed by atoms with Gasteiger partial charge in [-0.1, -0.05) is 18.5 Å². The highest BCUT2D eigenvalue weighted by Crippen LogP contribution is 2.24. The van der Waals surface area contributed by atoms with Crippen molar-refractivity contribution in [1.29, 1.82) is 0 Å². The Morgan fingerprint density at radius 3 is 2.84 bits per heavy atom. The first-order valence-corrected chi connectivity index (χ1v) is 8.16. The second kappa shape index (κ2) is 7.04. The van der Waals surface area contributed by atoms with Crippen molar-refractivity contribution in [3.63, 3.8) is 0 Å². The number of nitrogens with one attached hydrogen (secondary N) is 1. The van der Waals surface area contributed by atoms with Crippen molar-refractivity contribution in [2.75, 3.05) is 40.3 Å². The van der Waals surface area contributed by atoms with Crippen LogP contribution in [-0.4, -0.2) is 62.2 Å². The molecular weight excluding hydrogens is 278 g/mol. The molecule has 1 fully saturated rings. The molecule has 108 valence electrons. The Morgan fingerprint density at radius 1 is 1.42 bits per heavy atom. The van der Waals surface area contributed by atoms with Gasteiger partial charge >= 0.3 is 0 Å². The second-order valence-corrected chi connectivity index (χ2v) is 7.18. The fraction of sp³-hybridized carbons (Fsp3) is 0.714. The summed E-state index contributed by atoms with van der Waals surface area (Å²) in [7, 11) is 4.45. The number of hydrogen-bond acceptors (Lipinski definition) is 4. The van der Waals surface area contributed by atoms with Gasteiger partial charge in [0.2, 0.25) is 0 Å². The SMILES string of the molecule is CCNC(Cc1ccc(Cl)s1)C1CN(C)CCN1C. The number of halogens is 1. The van der Waals surface area contributed by atoms with Crippen LogP contribution in [0.5, 0.6) is 0 Å². The van der Waals surface area contributed by atoms with E-state index in [0.717, 1.165) is 36.9 Å². The van der Waals surface area contributed by atoms with E-state index < -0.39 is 0 Å². The van der Waals surface area contributed by atoms with Crippen LogP contribution in [0.4, 0.5) is 0 Å². The van der Waals surface area contributed by atoms with Gasteiger partial charge in [-0.05, 0) is 39.2 Å². The molecule has 2 atom stereocenters. The summed E-state index contributed by atoms with van der Waals surface area (Å²) in [5, 5.41) is 3.66. The maximum atomic E-state index is 6.04. The third-order valence-corrected chi connectivity index (χ3v) is 5.13. The van der Waals surface area contributed by atoms with E-state index in [1.54, 1.807) is 11.3 Å². The van der Waals surface area contributed by atoms with Crippen LogP contribution < -0.4 is 5.32 Å². The van der Waals surface area contributed by atoms with Crippen LogP contribution in [0.15, 0.2) is 12.1 Å². The summed E-state index contributed by atoms with van der Waals surface area (Å²) in [5.74, 6) is 0. The van der Waals surface area contributed by atoms with E-state index in [-0.39, 0.29) is 0 Å². The number of rotatable bonds is 5. The maximum absolute atomic E-state index is 6.04. The minimum Gasteiger partial charge on any atom is -0.312 e. The van der Waals surface area contributed by atoms with Crippen LogP contribution in [0.1, 0.15) is 11.8 Å². The molecule has 1 aromatic rings. The lowest BCUT2D eigenvalue weighted by atomic mass is 10.00. The van der Waals surface area contributed by atoms with Crippen LogP contribution >= 0.6 is 22.9 Å². The highest BCUT2D eigenvalue weighted by atomic mass is 35.5. The summed E-state index contributed by atoms with van der Waals surface area (Å²) < 4.78 is 0.888. The Labute approximate surface area is 125 Å². The number of hydrogen-bond donors (Lipinski definition) is 1. The van der Waals surface area contributed by atoms with Crippen molar-refractivity contribution in [3.05, 3.63) is 21.3 Å². The molecule has 0 aliphatic carbocycles. The van der Waals surface area contributed by atoms with Crippen LogP contribution in [0.3, 0.4) is 0 Å². The zero-order valence-corrected chi connectivity index (χ0v) is 13.6. The molecule has 19 heavy (non-hydrogen) atoms. The van der Waals surface area contributed by atoms with Gasteiger partial charge in [0.1, 0.15) is 0 Å². The zero-order chi connectivity index (χ0) is 13.8. The van der Waals surface area contributed by atoms with Gasteiger partial charge < -0.3 is 10.2 Å². The van der Waals surface area contributed by atoms with E-state index in [9.17, 15) is 0 Å². The average molecular weight is 302 g/mol. The minimum atomic E-state index is 0.493. The number of likely N-dealkylation sites (N-methyl/N-ethyl adjacent to an activating group) is 3. The molecule has 0 amide bonds. The standard InChI is InChI=1S/C14H24ClN3S/c1-4-16-12(9-11-5-6-14(15)19-11)13-10-17(2)7-8-18(13)3/h5-6,12-13,16H,4,7-10H2,1-3H3. The summed E-state index contributed by atoms with van der Waals surface area (Å²) in [6.45, 7) is 6.64. The molecule has 3 nitrogen and oxygen atoms in total. The zero-order valence-electron chi connectivity index (χ0n) is 12.0. The fourth-order valence-electron chi connectivity index (χ4n) is 2.76. The summed E-state index contributed by atoms with van der Waals surface area (Å²) in [6, 6.07) is 5.22. The van der Waals surface area contributed by atoms with E-state index >= 15 is 0 Å². The van der Waals surface area contributed by atoms with Gasteiger partial charge in [0.25, 0.3) is 0 Å². The first kappa shape index (κ1) is 15.3. The molecular formula is C14H24ClN3S. The van der Waals surface area contributed by atoms with Gasteiger partial charge in [-0.15, -0.1) is 11.3 Å².